The Balaban J connectivity index is 0.00000312. The number of amides is 2. The normalized spacial score (nSPS) is 16.9. The van der Waals surface area contributed by atoms with Crippen molar-refractivity contribution in [2.24, 2.45) is 5.73 Å². The third kappa shape index (κ3) is 6.66. The second-order valence-electron chi connectivity index (χ2n) is 5.99. The van der Waals surface area contributed by atoms with E-state index in [0.29, 0.717) is 36.1 Å². The van der Waals surface area contributed by atoms with Gasteiger partial charge >= 0.3 is 0 Å². The van der Waals surface area contributed by atoms with E-state index < -0.39 is 0 Å². The fourth-order valence-electron chi connectivity index (χ4n) is 2.92. The van der Waals surface area contributed by atoms with Gasteiger partial charge in [-0.3, -0.25) is 9.59 Å². The van der Waals surface area contributed by atoms with Gasteiger partial charge in [0.2, 0.25) is 11.8 Å². The minimum Gasteiger partial charge on any atom is -0.354 e. The van der Waals surface area contributed by atoms with Crippen molar-refractivity contribution in [1.29, 1.82) is 0 Å². The zero-order valence-corrected chi connectivity index (χ0v) is 16.3. The van der Waals surface area contributed by atoms with Crippen LogP contribution in [-0.4, -0.2) is 42.4 Å². The van der Waals surface area contributed by atoms with E-state index in [1.165, 1.54) is 0 Å². The van der Waals surface area contributed by atoms with Crippen LogP contribution >= 0.6 is 35.6 Å². The molecule has 1 unspecified atom stereocenters. The average Bonchev–Trinajstić information content (AvgIpc) is 2.56. The van der Waals surface area contributed by atoms with Gasteiger partial charge in [-0.25, -0.2) is 0 Å². The molecule has 0 saturated carbocycles. The molecule has 0 radical (unpaired) electrons. The Labute approximate surface area is 164 Å². The Kier molecular flexibility index (Phi) is 9.57. The summed E-state index contributed by atoms with van der Waals surface area (Å²) in [7, 11) is 0. The first kappa shape index (κ1) is 22.0. The molecule has 1 atom stereocenters. The first-order valence-electron chi connectivity index (χ1n) is 8.21. The highest BCUT2D eigenvalue weighted by molar-refractivity contribution is 6.35. The number of nitrogens with zero attached hydrogens (tertiary/aromatic N) is 1. The molecule has 140 valence electrons. The van der Waals surface area contributed by atoms with E-state index in [1.807, 2.05) is 4.90 Å². The Morgan fingerprint density at radius 2 is 2.04 bits per heavy atom. The fourth-order valence-corrected chi connectivity index (χ4v) is 3.40. The molecule has 1 aromatic rings. The molecule has 1 saturated heterocycles. The van der Waals surface area contributed by atoms with E-state index in [4.69, 9.17) is 28.9 Å². The van der Waals surface area contributed by atoms with Crippen molar-refractivity contribution >= 4 is 47.4 Å². The molecule has 2 rings (SSSR count). The minimum absolute atomic E-state index is 0. The van der Waals surface area contributed by atoms with Gasteiger partial charge in [0.05, 0.1) is 6.42 Å². The van der Waals surface area contributed by atoms with E-state index in [9.17, 15) is 9.59 Å². The fraction of sp³-hybridized carbons (Fsp3) is 0.529. The van der Waals surface area contributed by atoms with Crippen molar-refractivity contribution in [3.8, 4) is 0 Å². The maximum absolute atomic E-state index is 12.7. The Bertz CT molecular complexity index is 599. The van der Waals surface area contributed by atoms with Crippen molar-refractivity contribution in [3.63, 3.8) is 0 Å². The zero-order valence-electron chi connectivity index (χ0n) is 14.0. The molecular weight excluding hydrogens is 385 g/mol. The Morgan fingerprint density at radius 1 is 1.28 bits per heavy atom. The standard InChI is InChI=1S/C17H23Cl2N3O2.ClH/c18-13-5-4-12(15(19)10-13)9-17(24)22-8-2-1-3-14(22)11-21-16(23)6-7-20;/h4-5,10,14H,1-3,6-9,11,20H2,(H,21,23);1H. The van der Waals surface area contributed by atoms with E-state index in [2.05, 4.69) is 5.32 Å². The maximum atomic E-state index is 12.7. The topological polar surface area (TPSA) is 75.4 Å². The third-order valence-corrected chi connectivity index (χ3v) is 4.80. The lowest BCUT2D eigenvalue weighted by Crippen LogP contribution is -2.50. The van der Waals surface area contributed by atoms with Gasteiger partial charge in [0.15, 0.2) is 0 Å². The number of rotatable bonds is 6. The minimum atomic E-state index is -0.0729. The summed E-state index contributed by atoms with van der Waals surface area (Å²) in [6, 6.07) is 5.19. The second kappa shape index (κ2) is 10.9. The number of piperidine rings is 1. The van der Waals surface area contributed by atoms with Gasteiger partial charge in [0.25, 0.3) is 0 Å². The number of carbonyl (C=O) groups is 2. The van der Waals surface area contributed by atoms with Crippen LogP contribution < -0.4 is 11.1 Å². The molecule has 5 nitrogen and oxygen atoms in total. The molecule has 0 aromatic heterocycles. The number of hydrogen-bond acceptors (Lipinski definition) is 3. The Hall–Kier alpha value is -1.01. The van der Waals surface area contributed by atoms with Crippen molar-refractivity contribution in [1.82, 2.24) is 10.2 Å². The molecule has 2 amide bonds. The SMILES string of the molecule is Cl.NCCC(=O)NCC1CCCCN1C(=O)Cc1ccc(Cl)cc1Cl. The summed E-state index contributed by atoms with van der Waals surface area (Å²) in [5.41, 5.74) is 6.14. The lowest BCUT2D eigenvalue weighted by molar-refractivity contribution is -0.134. The van der Waals surface area contributed by atoms with E-state index in [1.54, 1.807) is 18.2 Å². The highest BCUT2D eigenvalue weighted by Crippen LogP contribution is 2.23. The van der Waals surface area contributed by atoms with Crippen LogP contribution in [0.2, 0.25) is 10.0 Å². The number of carbonyl (C=O) groups excluding carboxylic acids is 2. The van der Waals surface area contributed by atoms with Crippen LogP contribution in [0.4, 0.5) is 0 Å². The molecule has 1 aromatic carbocycles. The summed E-state index contributed by atoms with van der Waals surface area (Å²) in [4.78, 5) is 26.2. The summed E-state index contributed by atoms with van der Waals surface area (Å²) in [6.07, 6.45) is 3.48. The largest absolute Gasteiger partial charge is 0.354 e. The highest BCUT2D eigenvalue weighted by atomic mass is 35.5. The summed E-state index contributed by atoms with van der Waals surface area (Å²) in [5.74, 6) is -0.0479. The molecule has 1 aliphatic rings. The van der Waals surface area contributed by atoms with Crippen LogP contribution in [0.25, 0.3) is 0 Å². The molecule has 1 aliphatic heterocycles. The van der Waals surface area contributed by atoms with E-state index in [-0.39, 0.29) is 36.7 Å². The molecule has 8 heteroatoms. The van der Waals surface area contributed by atoms with Crippen molar-refractivity contribution in [2.75, 3.05) is 19.6 Å². The number of hydrogen-bond donors (Lipinski definition) is 2. The predicted octanol–water partition coefficient (Wildman–Crippen LogP) is 2.80. The predicted molar refractivity (Wildman–Crippen MR) is 103 cm³/mol. The van der Waals surface area contributed by atoms with Gasteiger partial charge in [-0.1, -0.05) is 29.3 Å². The van der Waals surface area contributed by atoms with Crippen LogP contribution in [0.15, 0.2) is 18.2 Å². The molecule has 1 heterocycles. The monoisotopic (exact) mass is 407 g/mol. The molecule has 0 aliphatic carbocycles. The summed E-state index contributed by atoms with van der Waals surface area (Å²) >= 11 is 12.1. The van der Waals surface area contributed by atoms with Crippen LogP contribution in [0.5, 0.6) is 0 Å². The first-order chi connectivity index (χ1) is 11.5. The lowest BCUT2D eigenvalue weighted by Gasteiger charge is -2.36. The Morgan fingerprint density at radius 3 is 2.72 bits per heavy atom. The molecule has 0 bridgehead atoms. The number of nitrogens with two attached hydrogens (primary N) is 1. The molecule has 1 fully saturated rings. The van der Waals surface area contributed by atoms with Gasteiger partial charge in [-0.2, -0.15) is 0 Å². The van der Waals surface area contributed by atoms with Gasteiger partial charge < -0.3 is 16.0 Å². The molecule has 25 heavy (non-hydrogen) atoms. The third-order valence-electron chi connectivity index (χ3n) is 4.21. The molecule has 0 spiro atoms. The van der Waals surface area contributed by atoms with E-state index in [0.717, 1.165) is 24.8 Å². The van der Waals surface area contributed by atoms with Crippen molar-refractivity contribution < 1.29 is 9.59 Å². The quantitative estimate of drug-likeness (QED) is 0.760. The number of nitrogens with one attached hydrogen (secondary N) is 1. The molecule has 3 N–H and O–H groups in total. The van der Waals surface area contributed by atoms with Crippen molar-refractivity contribution in [3.05, 3.63) is 33.8 Å². The van der Waals surface area contributed by atoms with Crippen LogP contribution in [0.1, 0.15) is 31.2 Å². The van der Waals surface area contributed by atoms with Crippen LogP contribution in [-0.2, 0) is 16.0 Å². The van der Waals surface area contributed by atoms with Crippen molar-refractivity contribution in [2.45, 2.75) is 38.1 Å². The number of likely N-dealkylation sites (tertiary alicyclic amines) is 1. The summed E-state index contributed by atoms with van der Waals surface area (Å²) in [5, 5.41) is 3.92. The first-order valence-corrected chi connectivity index (χ1v) is 8.97. The highest BCUT2D eigenvalue weighted by Gasteiger charge is 2.27. The van der Waals surface area contributed by atoms with Gasteiger partial charge in [0, 0.05) is 42.1 Å². The van der Waals surface area contributed by atoms with Crippen LogP contribution in [0.3, 0.4) is 0 Å². The smallest absolute Gasteiger partial charge is 0.227 e. The second-order valence-corrected chi connectivity index (χ2v) is 6.84. The maximum Gasteiger partial charge on any atom is 0.227 e. The van der Waals surface area contributed by atoms with Gasteiger partial charge in [-0.05, 0) is 37.0 Å². The summed E-state index contributed by atoms with van der Waals surface area (Å²) in [6.45, 7) is 1.51. The average molecular weight is 409 g/mol. The van der Waals surface area contributed by atoms with Gasteiger partial charge in [0.1, 0.15) is 0 Å². The zero-order chi connectivity index (χ0) is 17.5. The molecular formula is C17H24Cl3N3O2. The van der Waals surface area contributed by atoms with Crippen LogP contribution in [0, 0.1) is 0 Å². The number of halogens is 3. The van der Waals surface area contributed by atoms with Gasteiger partial charge in [-0.15, -0.1) is 12.4 Å². The summed E-state index contributed by atoms with van der Waals surface area (Å²) < 4.78 is 0. The van der Waals surface area contributed by atoms with E-state index >= 15 is 0 Å². The number of benzene rings is 1. The lowest BCUT2D eigenvalue weighted by atomic mass is 10.0.